The van der Waals surface area contributed by atoms with E-state index in [1.165, 1.54) is 0 Å². The Hall–Kier alpha value is 0.230. The first kappa shape index (κ1) is 9.23. The summed E-state index contributed by atoms with van der Waals surface area (Å²) in [6.45, 7) is 0.469. The molecule has 3 nitrogen and oxygen atoms in total. The molecule has 9 heavy (non-hydrogen) atoms. The molecule has 0 bridgehead atoms. The van der Waals surface area contributed by atoms with Gasteiger partial charge in [-0.2, -0.15) is 0 Å². The molecule has 0 spiro atoms. The number of nitrogens with one attached hydrogen (secondary N) is 1. The maximum Gasteiger partial charge on any atom is 0.404 e. The summed E-state index contributed by atoms with van der Waals surface area (Å²) in [5.74, 6) is 0. The van der Waals surface area contributed by atoms with Crippen LogP contribution in [0.4, 0.5) is 4.79 Å². The van der Waals surface area contributed by atoms with Crippen molar-refractivity contribution >= 4 is 38.0 Å². The van der Waals surface area contributed by atoms with Crippen molar-refractivity contribution in [2.45, 2.75) is 10.2 Å². The molecular formula is C4H7Br2NO2. The molecule has 0 saturated carbocycles. The summed E-state index contributed by atoms with van der Waals surface area (Å²) >= 11 is 6.42. The van der Waals surface area contributed by atoms with E-state index in [1.807, 2.05) is 0 Å². The molecule has 2 N–H and O–H groups in total. The zero-order chi connectivity index (χ0) is 7.28. The summed E-state index contributed by atoms with van der Waals surface area (Å²) in [6, 6.07) is 0. The lowest BCUT2D eigenvalue weighted by molar-refractivity contribution is 0.194. The Labute approximate surface area is 70.1 Å². The Balaban J connectivity index is 3.01. The van der Waals surface area contributed by atoms with Crippen molar-refractivity contribution in [1.29, 1.82) is 0 Å². The molecule has 0 fully saturated rings. The minimum absolute atomic E-state index is 0.192. The Morgan fingerprint density at radius 1 is 1.67 bits per heavy atom. The number of alkyl halides is 2. The first-order valence-corrected chi connectivity index (χ1v) is 4.21. The van der Waals surface area contributed by atoms with E-state index in [9.17, 15) is 4.79 Å². The first-order chi connectivity index (χ1) is 4.13. The molecule has 0 atom stereocenters. The fourth-order valence-corrected chi connectivity index (χ4v) is 0.746. The quantitative estimate of drug-likeness (QED) is 0.760. The maximum absolute atomic E-state index is 9.84. The standard InChI is InChI=1S/C4H7Br2NO2/c5-3(6)1-2-7-4(8)9/h3,7H,1-2H2,(H,8,9). The fraction of sp³-hybridized carbons (Fsp3) is 0.750. The molecule has 0 aliphatic carbocycles. The smallest absolute Gasteiger partial charge is 0.404 e. The van der Waals surface area contributed by atoms with Crippen LogP contribution in [0.15, 0.2) is 0 Å². The lowest BCUT2D eigenvalue weighted by Crippen LogP contribution is -2.22. The van der Waals surface area contributed by atoms with Gasteiger partial charge in [-0.15, -0.1) is 0 Å². The van der Waals surface area contributed by atoms with Crippen molar-refractivity contribution in [2.24, 2.45) is 0 Å². The number of halogens is 2. The third-order valence-corrected chi connectivity index (χ3v) is 1.55. The predicted octanol–water partition coefficient (Wildman–Crippen LogP) is 1.76. The van der Waals surface area contributed by atoms with Crippen LogP contribution in [0.5, 0.6) is 0 Å². The van der Waals surface area contributed by atoms with Crippen LogP contribution in [0.25, 0.3) is 0 Å². The van der Waals surface area contributed by atoms with Gasteiger partial charge < -0.3 is 10.4 Å². The van der Waals surface area contributed by atoms with E-state index in [-0.39, 0.29) is 3.74 Å². The van der Waals surface area contributed by atoms with E-state index < -0.39 is 6.09 Å². The van der Waals surface area contributed by atoms with Gasteiger partial charge in [0.1, 0.15) is 0 Å². The van der Waals surface area contributed by atoms with Gasteiger partial charge in [-0.3, -0.25) is 0 Å². The maximum atomic E-state index is 9.84. The second-order valence-corrected chi connectivity index (χ2v) is 4.85. The second kappa shape index (κ2) is 5.05. The van der Waals surface area contributed by atoms with Crippen LogP contribution < -0.4 is 5.32 Å². The Bertz CT molecular complexity index is 96.6. The Kier molecular flexibility index (Phi) is 5.18. The van der Waals surface area contributed by atoms with E-state index >= 15 is 0 Å². The first-order valence-electron chi connectivity index (χ1n) is 2.38. The zero-order valence-electron chi connectivity index (χ0n) is 4.60. The fourth-order valence-electron chi connectivity index (χ4n) is 0.288. The molecule has 0 aromatic heterocycles. The highest BCUT2D eigenvalue weighted by atomic mass is 79.9. The Morgan fingerprint density at radius 3 is 2.56 bits per heavy atom. The monoisotopic (exact) mass is 259 g/mol. The largest absolute Gasteiger partial charge is 0.465 e. The highest BCUT2D eigenvalue weighted by Crippen LogP contribution is 2.10. The van der Waals surface area contributed by atoms with E-state index in [0.29, 0.717) is 6.54 Å². The van der Waals surface area contributed by atoms with Gasteiger partial charge in [0.25, 0.3) is 0 Å². The average Bonchev–Trinajstić information content (AvgIpc) is 1.63. The SMILES string of the molecule is O=C(O)NCCC(Br)Br. The lowest BCUT2D eigenvalue weighted by atomic mass is 10.5. The van der Waals surface area contributed by atoms with Crippen molar-refractivity contribution in [3.63, 3.8) is 0 Å². The Morgan fingerprint density at radius 2 is 2.22 bits per heavy atom. The molecule has 54 valence electrons. The highest BCUT2D eigenvalue weighted by molar-refractivity contribution is 9.24. The molecule has 5 heteroatoms. The molecule has 0 saturated heterocycles. The van der Waals surface area contributed by atoms with Gasteiger partial charge in [0.2, 0.25) is 0 Å². The molecule has 1 amide bonds. The van der Waals surface area contributed by atoms with Crippen LogP contribution in [-0.4, -0.2) is 21.5 Å². The molecule has 0 aliphatic heterocycles. The topological polar surface area (TPSA) is 49.3 Å². The van der Waals surface area contributed by atoms with Crippen molar-refractivity contribution in [3.05, 3.63) is 0 Å². The molecule has 0 rings (SSSR count). The van der Waals surface area contributed by atoms with E-state index in [0.717, 1.165) is 6.42 Å². The minimum Gasteiger partial charge on any atom is -0.465 e. The van der Waals surface area contributed by atoms with Crippen LogP contribution in [0.2, 0.25) is 0 Å². The van der Waals surface area contributed by atoms with Crippen LogP contribution in [-0.2, 0) is 0 Å². The van der Waals surface area contributed by atoms with Crippen LogP contribution in [0.3, 0.4) is 0 Å². The van der Waals surface area contributed by atoms with Gasteiger partial charge in [0.15, 0.2) is 0 Å². The summed E-state index contributed by atoms with van der Waals surface area (Å²) in [7, 11) is 0. The number of amides is 1. The number of carboxylic acid groups (broad SMARTS) is 1. The molecule has 0 aliphatic rings. The van der Waals surface area contributed by atoms with Crippen molar-refractivity contribution in [2.75, 3.05) is 6.54 Å². The second-order valence-electron chi connectivity index (χ2n) is 1.41. The molecule has 0 aromatic carbocycles. The van der Waals surface area contributed by atoms with Gasteiger partial charge in [-0.05, 0) is 6.42 Å². The third kappa shape index (κ3) is 8.23. The number of hydrogen-bond donors (Lipinski definition) is 2. The van der Waals surface area contributed by atoms with Crippen LogP contribution in [0.1, 0.15) is 6.42 Å². The summed E-state index contributed by atoms with van der Waals surface area (Å²) in [6.07, 6.45) is -0.234. The zero-order valence-corrected chi connectivity index (χ0v) is 7.77. The van der Waals surface area contributed by atoms with Crippen molar-refractivity contribution in [1.82, 2.24) is 5.32 Å². The van der Waals surface area contributed by atoms with Crippen LogP contribution in [0, 0.1) is 0 Å². The predicted molar refractivity (Wildman–Crippen MR) is 42.3 cm³/mol. The summed E-state index contributed by atoms with van der Waals surface area (Å²) in [4.78, 5) is 9.84. The molecule has 0 radical (unpaired) electrons. The van der Waals surface area contributed by atoms with E-state index in [2.05, 4.69) is 37.2 Å². The van der Waals surface area contributed by atoms with Gasteiger partial charge in [-0.1, -0.05) is 31.9 Å². The summed E-state index contributed by atoms with van der Waals surface area (Å²) in [5, 5.41) is 10.3. The molecule has 0 heterocycles. The van der Waals surface area contributed by atoms with Crippen LogP contribution >= 0.6 is 31.9 Å². The van der Waals surface area contributed by atoms with E-state index in [4.69, 9.17) is 5.11 Å². The van der Waals surface area contributed by atoms with E-state index in [1.54, 1.807) is 0 Å². The molecule has 0 unspecified atom stereocenters. The summed E-state index contributed by atoms with van der Waals surface area (Å²) in [5.41, 5.74) is 0. The minimum atomic E-state index is -0.976. The lowest BCUT2D eigenvalue weighted by Gasteiger charge is -1.99. The number of hydrogen-bond acceptors (Lipinski definition) is 1. The van der Waals surface area contributed by atoms with Gasteiger partial charge in [-0.25, -0.2) is 4.79 Å². The van der Waals surface area contributed by atoms with Crippen molar-refractivity contribution in [3.8, 4) is 0 Å². The van der Waals surface area contributed by atoms with Gasteiger partial charge in [0, 0.05) is 6.54 Å². The number of carbonyl (C=O) groups is 1. The van der Waals surface area contributed by atoms with Gasteiger partial charge >= 0.3 is 6.09 Å². The molecular weight excluding hydrogens is 254 g/mol. The average molecular weight is 261 g/mol. The summed E-state index contributed by atoms with van der Waals surface area (Å²) < 4.78 is 0.192. The number of rotatable bonds is 3. The van der Waals surface area contributed by atoms with Crippen molar-refractivity contribution < 1.29 is 9.90 Å². The normalized spacial score (nSPS) is 9.67. The van der Waals surface area contributed by atoms with Gasteiger partial charge in [0.05, 0.1) is 3.74 Å². The molecule has 0 aromatic rings. The highest BCUT2D eigenvalue weighted by Gasteiger charge is 1.97. The third-order valence-electron chi connectivity index (χ3n) is 0.639.